The zero-order chi connectivity index (χ0) is 17.9. The van der Waals surface area contributed by atoms with Crippen molar-refractivity contribution >= 4 is 8.56 Å². The number of allylic oxidation sites excluding steroid dienone is 1. The van der Waals surface area contributed by atoms with Gasteiger partial charge in [0, 0.05) is 14.2 Å². The largest absolute Gasteiger partial charge is 0.395 e. The Labute approximate surface area is 153 Å². The first-order valence-electron chi connectivity index (χ1n) is 10.5. The minimum atomic E-state index is -2.03. The summed E-state index contributed by atoms with van der Waals surface area (Å²) in [5.74, 6) is 0. The van der Waals surface area contributed by atoms with Crippen LogP contribution in [0.5, 0.6) is 0 Å². The van der Waals surface area contributed by atoms with Gasteiger partial charge >= 0.3 is 8.56 Å². The molecule has 0 aliphatic heterocycles. The molecule has 0 atom stereocenters. The Morgan fingerprint density at radius 3 is 1.33 bits per heavy atom. The molecule has 0 aromatic carbocycles. The molecule has 0 aromatic heterocycles. The average molecular weight is 357 g/mol. The lowest BCUT2D eigenvalue weighted by molar-refractivity contribution is 0.254. The van der Waals surface area contributed by atoms with Crippen molar-refractivity contribution < 1.29 is 8.85 Å². The highest BCUT2D eigenvalue weighted by atomic mass is 28.4. The number of hydrogen-bond acceptors (Lipinski definition) is 2. The summed E-state index contributed by atoms with van der Waals surface area (Å²) in [7, 11) is 1.56. The normalized spacial score (nSPS) is 12.3. The van der Waals surface area contributed by atoms with E-state index in [1.807, 2.05) is 6.92 Å². The Balaban J connectivity index is 3.36. The van der Waals surface area contributed by atoms with Gasteiger partial charge in [-0.1, -0.05) is 103 Å². The van der Waals surface area contributed by atoms with Crippen LogP contribution in [0.1, 0.15) is 104 Å². The molecule has 0 rings (SSSR count). The number of hydrogen-bond donors (Lipinski definition) is 0. The lowest BCUT2D eigenvalue weighted by Gasteiger charge is -2.23. The second-order valence-electron chi connectivity index (χ2n) is 7.07. The van der Waals surface area contributed by atoms with E-state index in [1.54, 1.807) is 14.2 Å². The van der Waals surface area contributed by atoms with Gasteiger partial charge in [0.1, 0.15) is 0 Å². The first kappa shape index (κ1) is 23.9. The van der Waals surface area contributed by atoms with E-state index in [9.17, 15) is 0 Å². The van der Waals surface area contributed by atoms with Crippen LogP contribution in [-0.2, 0) is 8.85 Å². The highest BCUT2D eigenvalue weighted by molar-refractivity contribution is 6.72. The minimum Gasteiger partial charge on any atom is -0.395 e. The summed E-state index contributed by atoms with van der Waals surface area (Å²) in [6.07, 6.45) is 21.7. The zero-order valence-electron chi connectivity index (χ0n) is 17.1. The van der Waals surface area contributed by atoms with Crippen LogP contribution >= 0.6 is 0 Å². The molecule has 0 aliphatic carbocycles. The molecule has 0 saturated heterocycles. The molecule has 0 radical (unpaired) electrons. The fourth-order valence-electron chi connectivity index (χ4n) is 3.33. The molecule has 0 amide bonds. The Morgan fingerprint density at radius 1 is 0.625 bits per heavy atom. The molecular weight excluding hydrogens is 312 g/mol. The fourth-order valence-corrected chi connectivity index (χ4v) is 5.59. The predicted molar refractivity (Wildman–Crippen MR) is 110 cm³/mol. The van der Waals surface area contributed by atoms with Gasteiger partial charge in [0.25, 0.3) is 0 Å². The van der Waals surface area contributed by atoms with Gasteiger partial charge in [-0.15, -0.1) is 0 Å². The van der Waals surface area contributed by atoms with Gasteiger partial charge in [-0.2, -0.15) is 0 Å². The number of rotatable bonds is 18. The summed E-state index contributed by atoms with van der Waals surface area (Å²) >= 11 is 0. The molecule has 2 nitrogen and oxygen atoms in total. The SMILES string of the molecule is CC=C[Si](CCCCCCCCCCCCCCCC)(OC)OC. The van der Waals surface area contributed by atoms with E-state index in [1.165, 1.54) is 89.9 Å². The molecule has 0 fully saturated rings. The van der Waals surface area contributed by atoms with Gasteiger partial charge in [0.15, 0.2) is 0 Å². The summed E-state index contributed by atoms with van der Waals surface area (Å²) in [4.78, 5) is 0. The van der Waals surface area contributed by atoms with E-state index in [0.717, 1.165) is 6.04 Å². The van der Waals surface area contributed by atoms with Gasteiger partial charge < -0.3 is 8.85 Å². The van der Waals surface area contributed by atoms with Crippen molar-refractivity contribution in [3.63, 3.8) is 0 Å². The minimum absolute atomic E-state index is 1.09. The molecule has 0 unspecified atom stereocenters. The van der Waals surface area contributed by atoms with Crippen molar-refractivity contribution in [2.75, 3.05) is 14.2 Å². The van der Waals surface area contributed by atoms with E-state index in [4.69, 9.17) is 8.85 Å². The van der Waals surface area contributed by atoms with Crippen molar-refractivity contribution in [1.82, 2.24) is 0 Å². The van der Waals surface area contributed by atoms with E-state index < -0.39 is 8.56 Å². The second-order valence-corrected chi connectivity index (χ2v) is 10.3. The molecule has 0 aromatic rings. The van der Waals surface area contributed by atoms with Gasteiger partial charge in [-0.05, 0) is 18.7 Å². The lowest BCUT2D eigenvalue weighted by Crippen LogP contribution is -2.37. The molecule has 0 N–H and O–H groups in total. The van der Waals surface area contributed by atoms with Crippen molar-refractivity contribution in [1.29, 1.82) is 0 Å². The van der Waals surface area contributed by atoms with Crippen molar-refractivity contribution in [3.05, 3.63) is 11.8 Å². The standard InChI is InChI=1S/C21H44O2Si/c1-5-7-8-9-10-11-12-13-14-15-16-17-18-19-21-24(22-3,23-4)20-6-2/h6,20H,5,7-19,21H2,1-4H3. The Hall–Kier alpha value is -0.123. The smallest absolute Gasteiger partial charge is 0.364 e. The molecular formula is C21H44O2Si. The van der Waals surface area contributed by atoms with Crippen molar-refractivity contribution in [3.8, 4) is 0 Å². The van der Waals surface area contributed by atoms with Crippen molar-refractivity contribution in [2.24, 2.45) is 0 Å². The van der Waals surface area contributed by atoms with Crippen LogP contribution in [0.2, 0.25) is 6.04 Å². The second kappa shape index (κ2) is 17.7. The molecule has 144 valence electrons. The van der Waals surface area contributed by atoms with E-state index in [0.29, 0.717) is 0 Å². The third kappa shape index (κ3) is 13.2. The molecule has 0 saturated carbocycles. The van der Waals surface area contributed by atoms with Crippen LogP contribution in [-0.4, -0.2) is 22.8 Å². The fraction of sp³-hybridized carbons (Fsp3) is 0.905. The van der Waals surface area contributed by atoms with Gasteiger partial charge in [0.05, 0.1) is 0 Å². The average Bonchev–Trinajstić information content (AvgIpc) is 2.61. The summed E-state index contributed by atoms with van der Waals surface area (Å²) < 4.78 is 11.3. The summed E-state index contributed by atoms with van der Waals surface area (Å²) in [5, 5.41) is 0. The highest BCUT2D eigenvalue weighted by Gasteiger charge is 2.31. The zero-order valence-corrected chi connectivity index (χ0v) is 18.1. The van der Waals surface area contributed by atoms with Gasteiger partial charge in [-0.3, -0.25) is 0 Å². The Morgan fingerprint density at radius 2 is 1.00 bits per heavy atom. The van der Waals surface area contributed by atoms with Crippen LogP contribution in [0.4, 0.5) is 0 Å². The molecule has 0 heterocycles. The third-order valence-corrected chi connectivity index (χ3v) is 8.26. The summed E-state index contributed by atoms with van der Waals surface area (Å²) in [5.41, 5.74) is 2.16. The third-order valence-electron chi connectivity index (χ3n) is 4.99. The van der Waals surface area contributed by atoms with Crippen LogP contribution in [0, 0.1) is 0 Å². The van der Waals surface area contributed by atoms with E-state index in [-0.39, 0.29) is 0 Å². The Kier molecular flexibility index (Phi) is 17.6. The monoisotopic (exact) mass is 356 g/mol. The van der Waals surface area contributed by atoms with E-state index in [2.05, 4.69) is 18.7 Å². The molecule has 3 heteroatoms. The van der Waals surface area contributed by atoms with Gasteiger partial charge in [0.2, 0.25) is 0 Å². The Bertz CT molecular complexity index is 275. The molecule has 0 bridgehead atoms. The van der Waals surface area contributed by atoms with E-state index >= 15 is 0 Å². The van der Waals surface area contributed by atoms with Gasteiger partial charge in [-0.25, -0.2) is 0 Å². The van der Waals surface area contributed by atoms with Crippen LogP contribution in [0.25, 0.3) is 0 Å². The van der Waals surface area contributed by atoms with Crippen LogP contribution in [0.3, 0.4) is 0 Å². The maximum absolute atomic E-state index is 5.67. The molecule has 24 heavy (non-hydrogen) atoms. The topological polar surface area (TPSA) is 18.5 Å². The lowest BCUT2D eigenvalue weighted by atomic mass is 10.0. The predicted octanol–water partition coefficient (Wildman–Crippen LogP) is 7.32. The van der Waals surface area contributed by atoms with Crippen LogP contribution in [0.15, 0.2) is 11.8 Å². The van der Waals surface area contributed by atoms with Crippen LogP contribution < -0.4 is 0 Å². The number of unbranched alkanes of at least 4 members (excludes halogenated alkanes) is 13. The maximum Gasteiger partial charge on any atom is 0.364 e. The summed E-state index contributed by atoms with van der Waals surface area (Å²) in [6, 6.07) is 1.09. The maximum atomic E-state index is 5.67. The summed E-state index contributed by atoms with van der Waals surface area (Å²) in [6.45, 7) is 4.33. The first-order valence-corrected chi connectivity index (χ1v) is 12.6. The quantitative estimate of drug-likeness (QED) is 0.189. The first-order chi connectivity index (χ1) is 11.7. The molecule has 0 aliphatic rings. The molecule has 0 spiro atoms. The highest BCUT2D eigenvalue weighted by Crippen LogP contribution is 2.19. The van der Waals surface area contributed by atoms with Crippen molar-refractivity contribution in [2.45, 2.75) is 110 Å².